The molecule has 1 saturated carbocycles. The molecule has 16 heavy (non-hydrogen) atoms. The van der Waals surface area contributed by atoms with E-state index in [4.69, 9.17) is 4.74 Å². The summed E-state index contributed by atoms with van der Waals surface area (Å²) in [5.41, 5.74) is 0. The highest BCUT2D eigenvalue weighted by atomic mass is 16.5. The molecule has 0 spiro atoms. The fraction of sp³-hybridized carbons (Fsp3) is 1.00. The van der Waals surface area contributed by atoms with Crippen molar-refractivity contribution in [2.75, 3.05) is 20.3 Å². The minimum atomic E-state index is 0.666. The standard InChI is InChI=1S/C14H29NO/c1-4-9-16-10-8-14(15-3)13-7-5-6-12(2)11-13/h12-15H,4-11H2,1-3H3. The molecule has 3 atom stereocenters. The lowest BCUT2D eigenvalue weighted by Crippen LogP contribution is -2.37. The first-order chi connectivity index (χ1) is 7.77. The van der Waals surface area contributed by atoms with Crippen LogP contribution in [0.25, 0.3) is 0 Å². The van der Waals surface area contributed by atoms with Gasteiger partial charge in [0.1, 0.15) is 0 Å². The minimum Gasteiger partial charge on any atom is -0.381 e. The molecule has 1 N–H and O–H groups in total. The molecule has 1 rings (SSSR count). The molecule has 0 amide bonds. The third-order valence-electron chi connectivity index (χ3n) is 3.84. The minimum absolute atomic E-state index is 0.666. The highest BCUT2D eigenvalue weighted by Crippen LogP contribution is 2.31. The lowest BCUT2D eigenvalue weighted by Gasteiger charge is -2.33. The largest absolute Gasteiger partial charge is 0.381 e. The number of hydrogen-bond donors (Lipinski definition) is 1. The number of ether oxygens (including phenoxy) is 1. The first kappa shape index (κ1) is 14.0. The van der Waals surface area contributed by atoms with Crippen LogP contribution in [-0.2, 0) is 4.74 Å². The molecule has 0 bridgehead atoms. The van der Waals surface area contributed by atoms with Crippen LogP contribution in [0.2, 0.25) is 0 Å². The second kappa shape index (κ2) is 8.08. The fourth-order valence-electron chi connectivity index (χ4n) is 2.92. The molecule has 96 valence electrons. The van der Waals surface area contributed by atoms with Crippen molar-refractivity contribution in [3.05, 3.63) is 0 Å². The monoisotopic (exact) mass is 227 g/mol. The van der Waals surface area contributed by atoms with Gasteiger partial charge in [0.25, 0.3) is 0 Å². The summed E-state index contributed by atoms with van der Waals surface area (Å²) in [5.74, 6) is 1.80. The first-order valence-corrected chi connectivity index (χ1v) is 7.03. The van der Waals surface area contributed by atoms with Gasteiger partial charge in [-0.25, -0.2) is 0 Å². The van der Waals surface area contributed by atoms with Gasteiger partial charge in [-0.2, -0.15) is 0 Å². The molecule has 1 fully saturated rings. The normalized spacial score (nSPS) is 27.9. The second-order valence-electron chi connectivity index (χ2n) is 5.33. The summed E-state index contributed by atoms with van der Waals surface area (Å²) in [6.07, 6.45) is 7.96. The van der Waals surface area contributed by atoms with Crippen LogP contribution in [0.1, 0.15) is 52.4 Å². The summed E-state index contributed by atoms with van der Waals surface area (Å²) in [6.45, 7) is 6.40. The molecule has 3 unspecified atom stereocenters. The van der Waals surface area contributed by atoms with Crippen LogP contribution in [-0.4, -0.2) is 26.3 Å². The van der Waals surface area contributed by atoms with E-state index in [2.05, 4.69) is 26.2 Å². The topological polar surface area (TPSA) is 21.3 Å². The van der Waals surface area contributed by atoms with Crippen LogP contribution in [0, 0.1) is 11.8 Å². The van der Waals surface area contributed by atoms with Gasteiger partial charge < -0.3 is 10.1 Å². The van der Waals surface area contributed by atoms with E-state index in [1.54, 1.807) is 0 Å². The summed E-state index contributed by atoms with van der Waals surface area (Å²) in [4.78, 5) is 0. The van der Waals surface area contributed by atoms with Crippen molar-refractivity contribution < 1.29 is 4.74 Å². The van der Waals surface area contributed by atoms with Gasteiger partial charge in [-0.3, -0.25) is 0 Å². The fourth-order valence-corrected chi connectivity index (χ4v) is 2.92. The molecule has 1 aliphatic carbocycles. The lowest BCUT2D eigenvalue weighted by atomic mass is 9.78. The Hall–Kier alpha value is -0.0800. The second-order valence-corrected chi connectivity index (χ2v) is 5.33. The van der Waals surface area contributed by atoms with Crippen molar-refractivity contribution >= 4 is 0 Å². The van der Waals surface area contributed by atoms with Crippen molar-refractivity contribution in [1.82, 2.24) is 5.32 Å². The van der Waals surface area contributed by atoms with Crippen LogP contribution in [0.4, 0.5) is 0 Å². The van der Waals surface area contributed by atoms with E-state index in [0.717, 1.165) is 31.5 Å². The quantitative estimate of drug-likeness (QED) is 0.674. The molecular formula is C14H29NO. The molecule has 0 aromatic carbocycles. The van der Waals surface area contributed by atoms with Gasteiger partial charge in [-0.15, -0.1) is 0 Å². The van der Waals surface area contributed by atoms with Crippen molar-refractivity contribution in [1.29, 1.82) is 0 Å². The van der Waals surface area contributed by atoms with Crippen molar-refractivity contribution in [2.45, 2.75) is 58.4 Å². The first-order valence-electron chi connectivity index (χ1n) is 7.03. The van der Waals surface area contributed by atoms with E-state index in [1.807, 2.05) is 0 Å². The van der Waals surface area contributed by atoms with Crippen LogP contribution >= 0.6 is 0 Å². The van der Waals surface area contributed by atoms with E-state index in [0.29, 0.717) is 6.04 Å². The third-order valence-corrected chi connectivity index (χ3v) is 3.84. The van der Waals surface area contributed by atoms with Gasteiger partial charge in [0, 0.05) is 19.3 Å². The average Bonchev–Trinajstić information content (AvgIpc) is 2.29. The Morgan fingerprint density at radius 1 is 1.31 bits per heavy atom. The Balaban J connectivity index is 2.23. The number of hydrogen-bond acceptors (Lipinski definition) is 2. The van der Waals surface area contributed by atoms with Gasteiger partial charge in [0.05, 0.1) is 0 Å². The van der Waals surface area contributed by atoms with Crippen LogP contribution < -0.4 is 5.32 Å². The molecule has 0 aliphatic heterocycles. The molecule has 1 aliphatic rings. The van der Waals surface area contributed by atoms with E-state index in [-0.39, 0.29) is 0 Å². The average molecular weight is 227 g/mol. The Kier molecular flexibility index (Phi) is 7.06. The van der Waals surface area contributed by atoms with E-state index >= 15 is 0 Å². The smallest absolute Gasteiger partial charge is 0.0480 e. The Labute approximate surface area is 101 Å². The van der Waals surface area contributed by atoms with Crippen molar-refractivity contribution in [3.8, 4) is 0 Å². The Morgan fingerprint density at radius 2 is 2.12 bits per heavy atom. The third kappa shape index (κ3) is 4.84. The van der Waals surface area contributed by atoms with Crippen LogP contribution in [0.15, 0.2) is 0 Å². The molecule has 0 aromatic heterocycles. The maximum Gasteiger partial charge on any atom is 0.0480 e. The predicted octanol–water partition coefficient (Wildman–Crippen LogP) is 3.22. The predicted molar refractivity (Wildman–Crippen MR) is 69.7 cm³/mol. The van der Waals surface area contributed by atoms with Gasteiger partial charge in [0.15, 0.2) is 0 Å². The Morgan fingerprint density at radius 3 is 2.75 bits per heavy atom. The van der Waals surface area contributed by atoms with E-state index < -0.39 is 0 Å². The zero-order chi connectivity index (χ0) is 11.8. The van der Waals surface area contributed by atoms with Crippen molar-refractivity contribution in [2.24, 2.45) is 11.8 Å². The highest BCUT2D eigenvalue weighted by molar-refractivity contribution is 4.80. The molecule has 0 aromatic rings. The van der Waals surface area contributed by atoms with Crippen LogP contribution in [0.3, 0.4) is 0 Å². The molecule has 0 radical (unpaired) electrons. The zero-order valence-electron chi connectivity index (χ0n) is 11.3. The maximum atomic E-state index is 5.59. The maximum absolute atomic E-state index is 5.59. The SMILES string of the molecule is CCCOCCC(NC)C1CCCC(C)C1. The molecule has 2 heteroatoms. The Bertz CT molecular complexity index is 172. The van der Waals surface area contributed by atoms with Crippen LogP contribution in [0.5, 0.6) is 0 Å². The van der Waals surface area contributed by atoms with Gasteiger partial charge in [0.2, 0.25) is 0 Å². The number of nitrogens with one attached hydrogen (secondary N) is 1. The van der Waals surface area contributed by atoms with E-state index in [1.165, 1.54) is 32.1 Å². The van der Waals surface area contributed by atoms with Gasteiger partial charge >= 0.3 is 0 Å². The zero-order valence-corrected chi connectivity index (χ0v) is 11.3. The van der Waals surface area contributed by atoms with E-state index in [9.17, 15) is 0 Å². The summed E-state index contributed by atoms with van der Waals surface area (Å²) >= 11 is 0. The highest BCUT2D eigenvalue weighted by Gasteiger charge is 2.25. The molecular weight excluding hydrogens is 198 g/mol. The van der Waals surface area contributed by atoms with Gasteiger partial charge in [-0.1, -0.05) is 26.7 Å². The molecule has 0 heterocycles. The molecule has 2 nitrogen and oxygen atoms in total. The summed E-state index contributed by atoms with van der Waals surface area (Å²) in [5, 5.41) is 3.49. The summed E-state index contributed by atoms with van der Waals surface area (Å²) in [6, 6.07) is 0.666. The van der Waals surface area contributed by atoms with Crippen molar-refractivity contribution in [3.63, 3.8) is 0 Å². The number of rotatable bonds is 7. The lowest BCUT2D eigenvalue weighted by molar-refractivity contribution is 0.111. The molecule has 0 saturated heterocycles. The summed E-state index contributed by atoms with van der Waals surface area (Å²) < 4.78 is 5.59. The van der Waals surface area contributed by atoms with Gasteiger partial charge in [-0.05, 0) is 44.6 Å². The summed E-state index contributed by atoms with van der Waals surface area (Å²) in [7, 11) is 2.10.